The summed E-state index contributed by atoms with van der Waals surface area (Å²) in [5.74, 6) is -0.392. The summed E-state index contributed by atoms with van der Waals surface area (Å²) in [6.45, 7) is -0.451. The zero-order chi connectivity index (χ0) is 21.6. The van der Waals surface area contributed by atoms with Crippen LogP contribution in [0.5, 0.6) is 17.2 Å². The van der Waals surface area contributed by atoms with Gasteiger partial charge < -0.3 is 9.47 Å². The maximum atomic E-state index is 12.9. The van der Waals surface area contributed by atoms with Crippen LogP contribution >= 0.6 is 0 Å². The highest BCUT2D eigenvalue weighted by Crippen LogP contribution is 2.31. The molecule has 0 amide bonds. The summed E-state index contributed by atoms with van der Waals surface area (Å²) in [7, 11) is 0. The van der Waals surface area contributed by atoms with Crippen molar-refractivity contribution in [1.29, 1.82) is 5.26 Å². The Balaban J connectivity index is 1.62. The highest BCUT2D eigenvalue weighted by atomic mass is 19.4. The van der Waals surface area contributed by atoms with E-state index in [9.17, 15) is 23.2 Å². The van der Waals surface area contributed by atoms with Gasteiger partial charge in [-0.1, -0.05) is 36.4 Å². The second kappa shape index (κ2) is 9.14. The van der Waals surface area contributed by atoms with Gasteiger partial charge in [0.2, 0.25) is 0 Å². The molecule has 3 rings (SSSR count). The Bertz CT molecular complexity index is 1040. The van der Waals surface area contributed by atoms with Gasteiger partial charge in [0.1, 0.15) is 29.8 Å². The Kier molecular flexibility index (Phi) is 6.38. The minimum Gasteiger partial charge on any atom is -0.486 e. The van der Waals surface area contributed by atoms with E-state index >= 15 is 0 Å². The third kappa shape index (κ3) is 5.39. The molecule has 4 nitrogen and oxygen atoms in total. The van der Waals surface area contributed by atoms with Gasteiger partial charge in [0, 0.05) is 0 Å². The molecule has 0 heterocycles. The first-order chi connectivity index (χ1) is 14.4. The summed E-state index contributed by atoms with van der Waals surface area (Å²) in [5.41, 5.74) is -0.935. The van der Waals surface area contributed by atoms with Crippen LogP contribution < -0.4 is 9.47 Å². The van der Waals surface area contributed by atoms with Crippen molar-refractivity contribution in [2.24, 2.45) is 0 Å². The Morgan fingerprint density at radius 1 is 0.900 bits per heavy atom. The third-order valence-electron chi connectivity index (χ3n) is 4.18. The number of hydrogen-bond acceptors (Lipinski definition) is 4. The van der Waals surface area contributed by atoms with E-state index in [0.717, 1.165) is 12.1 Å². The predicted molar refractivity (Wildman–Crippen MR) is 103 cm³/mol. The number of ketones is 1. The van der Waals surface area contributed by atoms with E-state index in [1.807, 2.05) is 18.2 Å². The average molecular weight is 411 g/mol. The second-order valence-corrected chi connectivity index (χ2v) is 6.33. The van der Waals surface area contributed by atoms with Crippen LogP contribution in [-0.4, -0.2) is 12.4 Å². The minimum atomic E-state index is -4.56. The van der Waals surface area contributed by atoms with Crippen LogP contribution in [0.4, 0.5) is 13.2 Å². The van der Waals surface area contributed by atoms with Gasteiger partial charge in [0.25, 0.3) is 0 Å². The molecule has 0 aromatic heterocycles. The van der Waals surface area contributed by atoms with Crippen molar-refractivity contribution in [2.45, 2.75) is 12.1 Å². The maximum Gasteiger partial charge on any atom is 0.416 e. The molecule has 0 N–H and O–H groups in total. The lowest BCUT2D eigenvalue weighted by molar-refractivity contribution is -0.137. The van der Waals surface area contributed by atoms with Gasteiger partial charge in [-0.3, -0.25) is 4.79 Å². The fourth-order valence-corrected chi connectivity index (χ4v) is 2.69. The number of alkyl halides is 3. The zero-order valence-corrected chi connectivity index (χ0v) is 15.6. The molecule has 0 aliphatic rings. The topological polar surface area (TPSA) is 59.3 Å². The van der Waals surface area contributed by atoms with Crippen molar-refractivity contribution in [1.82, 2.24) is 0 Å². The average Bonchev–Trinajstić information content (AvgIpc) is 2.74. The highest BCUT2D eigenvalue weighted by Gasteiger charge is 2.32. The molecule has 1 atom stereocenters. The quantitative estimate of drug-likeness (QED) is 0.497. The molecule has 0 saturated heterocycles. The molecule has 0 bridgehead atoms. The molecule has 0 saturated carbocycles. The second-order valence-electron chi connectivity index (χ2n) is 6.33. The van der Waals surface area contributed by atoms with Gasteiger partial charge in [-0.2, -0.15) is 18.4 Å². The summed E-state index contributed by atoms with van der Waals surface area (Å²) >= 11 is 0. The van der Waals surface area contributed by atoms with Crippen molar-refractivity contribution in [3.8, 4) is 23.3 Å². The minimum absolute atomic E-state index is 0.0208. The molecule has 0 aliphatic heterocycles. The Morgan fingerprint density at radius 3 is 2.17 bits per heavy atom. The van der Waals surface area contributed by atoms with Crippen molar-refractivity contribution in [2.75, 3.05) is 6.61 Å². The number of nitriles is 1. The number of hydrogen-bond donors (Lipinski definition) is 0. The zero-order valence-electron chi connectivity index (χ0n) is 15.6. The number of rotatable bonds is 7. The van der Waals surface area contributed by atoms with Crippen LogP contribution in [0.15, 0.2) is 78.9 Å². The van der Waals surface area contributed by atoms with Crippen LogP contribution in [-0.2, 0) is 11.0 Å². The molecule has 0 aliphatic carbocycles. The standard InChI is InChI=1S/C23H16F3NO3/c24-23(25,26)17-6-4-5-16(13-17)21(14-27)22(28)15-29-18-9-11-20(12-10-18)30-19-7-2-1-3-8-19/h1-13,21H,15H2. The smallest absolute Gasteiger partial charge is 0.416 e. The number of para-hydroxylation sites is 1. The molecule has 30 heavy (non-hydrogen) atoms. The molecule has 0 fully saturated rings. The van der Waals surface area contributed by atoms with Crippen LogP contribution in [0.3, 0.4) is 0 Å². The number of benzene rings is 3. The third-order valence-corrected chi connectivity index (χ3v) is 4.18. The van der Waals surface area contributed by atoms with Crippen LogP contribution in [0.2, 0.25) is 0 Å². The van der Waals surface area contributed by atoms with Crippen LogP contribution in [0.1, 0.15) is 17.0 Å². The normalized spacial score (nSPS) is 11.9. The molecule has 1 unspecified atom stereocenters. The molecule has 152 valence electrons. The summed E-state index contributed by atoms with van der Waals surface area (Å²) in [6.07, 6.45) is -4.56. The van der Waals surface area contributed by atoms with E-state index in [0.29, 0.717) is 17.2 Å². The van der Waals surface area contributed by atoms with Crippen molar-refractivity contribution >= 4 is 5.78 Å². The monoisotopic (exact) mass is 411 g/mol. The van der Waals surface area contributed by atoms with Gasteiger partial charge in [-0.15, -0.1) is 0 Å². The molecule has 7 heteroatoms. The van der Waals surface area contributed by atoms with E-state index < -0.39 is 30.0 Å². The first kappa shape index (κ1) is 20.9. The van der Waals surface area contributed by atoms with E-state index in [-0.39, 0.29) is 5.56 Å². The Labute approximate surface area is 171 Å². The van der Waals surface area contributed by atoms with Gasteiger partial charge in [-0.25, -0.2) is 0 Å². The van der Waals surface area contributed by atoms with E-state index in [1.165, 1.54) is 12.1 Å². The first-order valence-corrected chi connectivity index (χ1v) is 8.92. The molecule has 0 spiro atoms. The molecule has 3 aromatic rings. The molecule has 3 aromatic carbocycles. The van der Waals surface area contributed by atoms with Crippen molar-refractivity contribution < 1.29 is 27.4 Å². The maximum absolute atomic E-state index is 12.9. The van der Waals surface area contributed by atoms with Gasteiger partial charge >= 0.3 is 6.18 Å². The van der Waals surface area contributed by atoms with Crippen LogP contribution in [0, 0.1) is 11.3 Å². The Morgan fingerprint density at radius 2 is 1.53 bits per heavy atom. The van der Waals surface area contributed by atoms with E-state index in [2.05, 4.69) is 0 Å². The number of Topliss-reactive ketones (excluding diaryl/α,β-unsaturated/α-hetero) is 1. The number of carbonyl (C=O) groups excluding carboxylic acids is 1. The largest absolute Gasteiger partial charge is 0.486 e. The summed E-state index contributed by atoms with van der Waals surface area (Å²) in [4.78, 5) is 12.4. The SMILES string of the molecule is N#CC(C(=O)COc1ccc(Oc2ccccc2)cc1)c1cccc(C(F)(F)F)c1. The Hall–Kier alpha value is -3.79. The van der Waals surface area contributed by atoms with Gasteiger partial charge in [0.15, 0.2) is 5.78 Å². The molecular formula is C23H16F3NO3. The van der Waals surface area contributed by atoms with E-state index in [4.69, 9.17) is 9.47 Å². The summed E-state index contributed by atoms with van der Waals surface area (Å²) in [5, 5.41) is 9.29. The van der Waals surface area contributed by atoms with Crippen LogP contribution in [0.25, 0.3) is 0 Å². The number of halogens is 3. The lowest BCUT2D eigenvalue weighted by atomic mass is 9.95. The fraction of sp³-hybridized carbons (Fsp3) is 0.130. The lowest BCUT2D eigenvalue weighted by Gasteiger charge is -2.13. The molecular weight excluding hydrogens is 395 g/mol. The number of carbonyl (C=O) groups is 1. The molecule has 0 radical (unpaired) electrons. The van der Waals surface area contributed by atoms with Crippen molar-refractivity contribution in [3.05, 3.63) is 90.0 Å². The van der Waals surface area contributed by atoms with Crippen molar-refractivity contribution in [3.63, 3.8) is 0 Å². The number of ether oxygens (including phenoxy) is 2. The summed E-state index contributed by atoms with van der Waals surface area (Å²) in [6, 6.07) is 21.6. The fourth-order valence-electron chi connectivity index (χ4n) is 2.69. The van der Waals surface area contributed by atoms with E-state index in [1.54, 1.807) is 42.5 Å². The van der Waals surface area contributed by atoms with Gasteiger partial charge in [0.05, 0.1) is 11.6 Å². The first-order valence-electron chi connectivity index (χ1n) is 8.92. The predicted octanol–water partition coefficient (Wildman–Crippen LogP) is 5.75. The number of nitrogens with zero attached hydrogens (tertiary/aromatic N) is 1. The van der Waals surface area contributed by atoms with Gasteiger partial charge in [-0.05, 0) is 48.0 Å². The highest BCUT2D eigenvalue weighted by molar-refractivity contribution is 5.89. The lowest BCUT2D eigenvalue weighted by Crippen LogP contribution is -2.19. The summed E-state index contributed by atoms with van der Waals surface area (Å²) < 4.78 is 49.7.